The first-order valence-electron chi connectivity index (χ1n) is 8.53. The molecule has 1 heterocycles. The van der Waals surface area contributed by atoms with E-state index in [4.69, 9.17) is 11.6 Å². The van der Waals surface area contributed by atoms with Crippen molar-refractivity contribution in [2.45, 2.75) is 31.7 Å². The minimum absolute atomic E-state index is 0.283. The molecule has 3 aromatic rings. The molecule has 3 N–H and O–H groups in total. The van der Waals surface area contributed by atoms with Crippen LogP contribution < -0.4 is 5.32 Å². The van der Waals surface area contributed by atoms with Crippen LogP contribution in [0.25, 0.3) is 22.2 Å². The molecule has 4 nitrogen and oxygen atoms in total. The number of aromatic carboxylic acids is 1. The Morgan fingerprint density at radius 1 is 1.16 bits per heavy atom. The van der Waals surface area contributed by atoms with Crippen molar-refractivity contribution in [1.82, 2.24) is 4.98 Å². The monoisotopic (exact) mass is 354 g/mol. The number of carbonyl (C=O) groups is 1. The lowest BCUT2D eigenvalue weighted by Crippen LogP contribution is -2.14. The fraction of sp³-hybridized carbons (Fsp3) is 0.250. The maximum absolute atomic E-state index is 11.5. The molecule has 0 atom stereocenters. The lowest BCUT2D eigenvalue weighted by atomic mass is 10.0. The van der Waals surface area contributed by atoms with Gasteiger partial charge in [-0.2, -0.15) is 0 Å². The van der Waals surface area contributed by atoms with E-state index in [2.05, 4.69) is 10.3 Å². The molecule has 0 unspecified atom stereocenters. The summed E-state index contributed by atoms with van der Waals surface area (Å²) in [5, 5.41) is 14.7. The molecule has 0 amide bonds. The molecule has 25 heavy (non-hydrogen) atoms. The van der Waals surface area contributed by atoms with Crippen LogP contribution in [-0.2, 0) is 0 Å². The average molecular weight is 355 g/mol. The number of aromatic amines is 1. The Morgan fingerprint density at radius 3 is 2.68 bits per heavy atom. The third-order valence-corrected chi connectivity index (χ3v) is 5.07. The van der Waals surface area contributed by atoms with E-state index in [-0.39, 0.29) is 5.56 Å². The molecule has 1 aliphatic carbocycles. The second-order valence-electron chi connectivity index (χ2n) is 6.58. The van der Waals surface area contributed by atoms with Gasteiger partial charge >= 0.3 is 5.97 Å². The van der Waals surface area contributed by atoms with Crippen molar-refractivity contribution in [3.05, 3.63) is 53.1 Å². The summed E-state index contributed by atoms with van der Waals surface area (Å²) in [6.07, 6.45) is 4.85. The van der Waals surface area contributed by atoms with Gasteiger partial charge in [0.1, 0.15) is 0 Å². The number of carboxylic acid groups (broad SMARTS) is 1. The zero-order valence-corrected chi connectivity index (χ0v) is 14.4. The lowest BCUT2D eigenvalue weighted by molar-refractivity contribution is 0.0697. The molecule has 1 aliphatic rings. The quantitative estimate of drug-likeness (QED) is 0.576. The number of aromatic nitrogens is 1. The molecule has 4 rings (SSSR count). The van der Waals surface area contributed by atoms with E-state index in [1.54, 1.807) is 12.1 Å². The number of rotatable bonds is 4. The van der Waals surface area contributed by atoms with Crippen LogP contribution in [0.1, 0.15) is 36.0 Å². The standard InChI is InChI=1S/C20H19ClN2O2/c21-13-9-12-10-17(15-7-3-4-8-16(15)20(24)25)23-19(12)18(11-13)22-14-5-1-2-6-14/h3-4,7-11,14,22-23H,1-2,5-6H2,(H,24,25). The molecular weight excluding hydrogens is 336 g/mol. The first-order chi connectivity index (χ1) is 12.1. The number of benzene rings is 2. The molecule has 0 radical (unpaired) electrons. The minimum atomic E-state index is -0.934. The number of carboxylic acids is 1. The summed E-state index contributed by atoms with van der Waals surface area (Å²) in [6.45, 7) is 0. The van der Waals surface area contributed by atoms with Crippen molar-refractivity contribution in [1.29, 1.82) is 0 Å². The topological polar surface area (TPSA) is 65.1 Å². The molecule has 0 saturated heterocycles. The SMILES string of the molecule is O=C(O)c1ccccc1-c1cc2cc(Cl)cc(NC3CCCC3)c2[nH]1. The third kappa shape index (κ3) is 3.10. The first-order valence-corrected chi connectivity index (χ1v) is 8.91. The van der Waals surface area contributed by atoms with Gasteiger partial charge in [0.05, 0.1) is 16.8 Å². The van der Waals surface area contributed by atoms with Crippen LogP contribution in [0.15, 0.2) is 42.5 Å². The Bertz CT molecular complexity index is 942. The van der Waals surface area contributed by atoms with Gasteiger partial charge in [0, 0.05) is 27.7 Å². The number of nitrogens with one attached hydrogen (secondary N) is 2. The second kappa shape index (κ2) is 6.45. The number of halogens is 1. The molecule has 128 valence electrons. The van der Waals surface area contributed by atoms with Gasteiger partial charge in [-0.15, -0.1) is 0 Å². The number of hydrogen-bond donors (Lipinski definition) is 3. The molecule has 0 aliphatic heterocycles. The van der Waals surface area contributed by atoms with Gasteiger partial charge < -0.3 is 15.4 Å². The Hall–Kier alpha value is -2.46. The van der Waals surface area contributed by atoms with Gasteiger partial charge in [0.2, 0.25) is 0 Å². The van der Waals surface area contributed by atoms with E-state index in [1.807, 2.05) is 30.3 Å². The summed E-state index contributed by atoms with van der Waals surface area (Å²) in [7, 11) is 0. The van der Waals surface area contributed by atoms with Crippen molar-refractivity contribution in [3.63, 3.8) is 0 Å². The summed E-state index contributed by atoms with van der Waals surface area (Å²) in [6, 6.07) is 13.3. The van der Waals surface area contributed by atoms with E-state index in [0.29, 0.717) is 16.6 Å². The van der Waals surface area contributed by atoms with Crippen LogP contribution in [0, 0.1) is 0 Å². The zero-order valence-electron chi connectivity index (χ0n) is 13.7. The van der Waals surface area contributed by atoms with Crippen molar-refractivity contribution in [3.8, 4) is 11.3 Å². The van der Waals surface area contributed by atoms with Crippen molar-refractivity contribution >= 4 is 34.2 Å². The maximum Gasteiger partial charge on any atom is 0.336 e. The van der Waals surface area contributed by atoms with E-state index in [0.717, 1.165) is 22.3 Å². The fourth-order valence-electron chi connectivity index (χ4n) is 3.66. The average Bonchev–Trinajstić information content (AvgIpc) is 3.24. The van der Waals surface area contributed by atoms with Gasteiger partial charge in [-0.05, 0) is 37.1 Å². The molecule has 2 aromatic carbocycles. The summed E-state index contributed by atoms with van der Waals surface area (Å²) in [5.74, 6) is -0.934. The molecule has 1 fully saturated rings. The molecule has 5 heteroatoms. The Morgan fingerprint density at radius 2 is 1.92 bits per heavy atom. The largest absolute Gasteiger partial charge is 0.478 e. The first kappa shape index (κ1) is 16.0. The highest BCUT2D eigenvalue weighted by molar-refractivity contribution is 6.32. The molecule has 1 saturated carbocycles. The predicted molar refractivity (Wildman–Crippen MR) is 102 cm³/mol. The van der Waals surface area contributed by atoms with Crippen LogP contribution in [0.3, 0.4) is 0 Å². The van der Waals surface area contributed by atoms with Gasteiger partial charge in [-0.25, -0.2) is 4.79 Å². The third-order valence-electron chi connectivity index (χ3n) is 4.86. The number of fused-ring (bicyclic) bond motifs is 1. The Labute approximate surface area is 150 Å². The Balaban J connectivity index is 1.81. The van der Waals surface area contributed by atoms with Crippen LogP contribution in [0.5, 0.6) is 0 Å². The summed E-state index contributed by atoms with van der Waals surface area (Å²) < 4.78 is 0. The van der Waals surface area contributed by atoms with Crippen LogP contribution in [0.2, 0.25) is 5.02 Å². The number of hydrogen-bond acceptors (Lipinski definition) is 2. The lowest BCUT2D eigenvalue weighted by Gasteiger charge is -2.14. The second-order valence-corrected chi connectivity index (χ2v) is 7.01. The summed E-state index contributed by atoms with van der Waals surface area (Å²) >= 11 is 6.30. The highest BCUT2D eigenvalue weighted by atomic mass is 35.5. The molecule has 0 bridgehead atoms. The van der Waals surface area contributed by atoms with Crippen LogP contribution in [0.4, 0.5) is 5.69 Å². The molecule has 1 aromatic heterocycles. The fourth-order valence-corrected chi connectivity index (χ4v) is 3.89. The van der Waals surface area contributed by atoms with Gasteiger partial charge in [0.15, 0.2) is 0 Å². The van der Waals surface area contributed by atoms with Crippen molar-refractivity contribution in [2.75, 3.05) is 5.32 Å². The summed E-state index contributed by atoms with van der Waals surface area (Å²) in [4.78, 5) is 14.9. The van der Waals surface area contributed by atoms with E-state index in [1.165, 1.54) is 25.7 Å². The minimum Gasteiger partial charge on any atom is -0.478 e. The van der Waals surface area contributed by atoms with Gasteiger partial charge in [0.25, 0.3) is 0 Å². The normalized spacial score (nSPS) is 14.9. The number of anilines is 1. The smallest absolute Gasteiger partial charge is 0.336 e. The Kier molecular flexibility index (Phi) is 4.14. The van der Waals surface area contributed by atoms with Crippen LogP contribution in [-0.4, -0.2) is 22.1 Å². The van der Waals surface area contributed by atoms with Gasteiger partial charge in [-0.1, -0.05) is 42.6 Å². The predicted octanol–water partition coefficient (Wildman–Crippen LogP) is 5.54. The maximum atomic E-state index is 11.5. The zero-order chi connectivity index (χ0) is 17.4. The highest BCUT2D eigenvalue weighted by Gasteiger charge is 2.18. The van der Waals surface area contributed by atoms with Gasteiger partial charge in [-0.3, -0.25) is 0 Å². The van der Waals surface area contributed by atoms with E-state index in [9.17, 15) is 9.90 Å². The molecular formula is C20H19ClN2O2. The summed E-state index contributed by atoms with van der Waals surface area (Å²) in [5.41, 5.74) is 3.68. The van der Waals surface area contributed by atoms with Crippen molar-refractivity contribution in [2.24, 2.45) is 0 Å². The number of H-pyrrole nitrogens is 1. The molecule has 0 spiro atoms. The van der Waals surface area contributed by atoms with Crippen molar-refractivity contribution < 1.29 is 9.90 Å². The highest BCUT2D eigenvalue weighted by Crippen LogP contribution is 2.34. The van der Waals surface area contributed by atoms with Crippen LogP contribution >= 0.6 is 11.6 Å². The van der Waals surface area contributed by atoms with E-state index < -0.39 is 5.97 Å². The van der Waals surface area contributed by atoms with E-state index >= 15 is 0 Å².